The van der Waals surface area contributed by atoms with Crippen molar-refractivity contribution in [3.8, 4) is 11.4 Å². The van der Waals surface area contributed by atoms with Crippen LogP contribution < -0.4 is 4.90 Å². The number of halogens is 1. The van der Waals surface area contributed by atoms with Crippen LogP contribution in [0.4, 0.5) is 10.2 Å². The molecule has 0 N–H and O–H groups in total. The molecule has 0 saturated carbocycles. The van der Waals surface area contributed by atoms with Crippen molar-refractivity contribution in [2.45, 2.75) is 19.8 Å². The molecule has 3 aromatic rings. The van der Waals surface area contributed by atoms with E-state index in [4.69, 9.17) is 9.97 Å². The monoisotopic (exact) mass is 376 g/mol. The van der Waals surface area contributed by atoms with E-state index in [0.717, 1.165) is 53.8 Å². The highest BCUT2D eigenvalue weighted by Crippen LogP contribution is 2.35. The topological polar surface area (TPSA) is 49.3 Å². The lowest BCUT2D eigenvalue weighted by molar-refractivity contribution is -0.129. The van der Waals surface area contributed by atoms with Crippen LogP contribution in [-0.2, 0) is 17.6 Å². The number of amides is 1. The van der Waals surface area contributed by atoms with E-state index < -0.39 is 0 Å². The Kier molecular flexibility index (Phi) is 4.00. The third kappa shape index (κ3) is 2.80. The Morgan fingerprint density at radius 1 is 1.00 bits per heavy atom. The van der Waals surface area contributed by atoms with Gasteiger partial charge in [0.25, 0.3) is 0 Å². The quantitative estimate of drug-likeness (QED) is 0.654. The van der Waals surface area contributed by atoms with Crippen molar-refractivity contribution in [2.75, 3.05) is 31.1 Å². The van der Waals surface area contributed by atoms with Gasteiger partial charge < -0.3 is 9.80 Å². The molecule has 1 amide bonds. The molecule has 6 rings (SSSR count). The van der Waals surface area contributed by atoms with Gasteiger partial charge in [0.1, 0.15) is 11.6 Å². The largest absolute Gasteiger partial charge is 0.352 e. The van der Waals surface area contributed by atoms with Gasteiger partial charge in [0.05, 0.1) is 5.52 Å². The molecule has 6 heteroatoms. The van der Waals surface area contributed by atoms with Crippen molar-refractivity contribution in [3.63, 3.8) is 0 Å². The van der Waals surface area contributed by atoms with Gasteiger partial charge in [-0.3, -0.25) is 4.79 Å². The van der Waals surface area contributed by atoms with Crippen LogP contribution in [0.2, 0.25) is 0 Å². The number of carbonyl (C=O) groups is 1. The molecule has 0 radical (unpaired) electrons. The van der Waals surface area contributed by atoms with Crippen LogP contribution in [0.5, 0.6) is 0 Å². The summed E-state index contributed by atoms with van der Waals surface area (Å²) < 4.78 is 13.9. The number of fused-ring (bicyclic) bond motifs is 2. The Morgan fingerprint density at radius 3 is 2.57 bits per heavy atom. The van der Waals surface area contributed by atoms with Crippen molar-refractivity contribution in [1.82, 2.24) is 14.9 Å². The Bertz CT molecular complexity index is 1090. The summed E-state index contributed by atoms with van der Waals surface area (Å²) in [7, 11) is 0. The normalized spacial score (nSPS) is 16.1. The second-order valence-corrected chi connectivity index (χ2v) is 7.48. The summed E-state index contributed by atoms with van der Waals surface area (Å²) in [5.74, 6) is 1.46. The van der Waals surface area contributed by atoms with Crippen molar-refractivity contribution >= 4 is 22.6 Å². The van der Waals surface area contributed by atoms with E-state index in [0.29, 0.717) is 18.9 Å². The van der Waals surface area contributed by atoms with Crippen molar-refractivity contribution in [3.05, 3.63) is 53.3 Å². The van der Waals surface area contributed by atoms with Crippen LogP contribution in [0.1, 0.15) is 18.1 Å². The minimum atomic E-state index is -0.229. The van der Waals surface area contributed by atoms with E-state index in [1.54, 1.807) is 19.1 Å². The predicted octanol–water partition coefficient (Wildman–Crippen LogP) is 3.20. The van der Waals surface area contributed by atoms with Crippen molar-refractivity contribution in [2.24, 2.45) is 0 Å². The predicted molar refractivity (Wildman–Crippen MR) is 107 cm³/mol. The maximum atomic E-state index is 13.9. The number of benzene rings is 2. The fourth-order valence-electron chi connectivity index (χ4n) is 4.28. The first-order valence-corrected chi connectivity index (χ1v) is 9.69. The summed E-state index contributed by atoms with van der Waals surface area (Å²) >= 11 is 0. The van der Waals surface area contributed by atoms with Crippen LogP contribution in [0, 0.1) is 5.82 Å². The number of hydrogen-bond acceptors (Lipinski definition) is 4. The van der Waals surface area contributed by atoms with Gasteiger partial charge >= 0.3 is 0 Å². The molecule has 5 nitrogen and oxygen atoms in total. The third-order valence-corrected chi connectivity index (χ3v) is 5.79. The highest BCUT2D eigenvalue weighted by molar-refractivity contribution is 5.94. The molecule has 0 spiro atoms. The molecule has 2 aromatic carbocycles. The Balaban J connectivity index is 1.67. The smallest absolute Gasteiger partial charge is 0.219 e. The van der Waals surface area contributed by atoms with Crippen LogP contribution in [0.3, 0.4) is 0 Å². The van der Waals surface area contributed by atoms with E-state index in [1.165, 1.54) is 11.6 Å². The lowest BCUT2D eigenvalue weighted by Crippen LogP contribution is -2.48. The molecule has 1 fully saturated rings. The molecule has 1 aromatic heterocycles. The average molecular weight is 376 g/mol. The standard InChI is InChI=1S/C22H21FN4O/c1-14(28)26-9-11-27(12-10-26)22-20-15-3-2-4-19(20)24-21(25-22)18-8-7-17(23)13-16(18)6-5-15/h2-4,7-8,13H,5-6,9-12H2,1H3. The zero-order valence-electron chi connectivity index (χ0n) is 15.8. The molecule has 142 valence electrons. The zero-order valence-corrected chi connectivity index (χ0v) is 15.8. The lowest BCUT2D eigenvalue weighted by Gasteiger charge is -2.35. The Labute approximate surface area is 162 Å². The van der Waals surface area contributed by atoms with Crippen LogP contribution in [0.15, 0.2) is 36.4 Å². The number of piperazine rings is 1. The number of carbonyl (C=O) groups excluding carboxylic acids is 1. The minimum Gasteiger partial charge on any atom is -0.352 e. The van der Waals surface area contributed by atoms with Gasteiger partial charge in [-0.15, -0.1) is 0 Å². The molecular weight excluding hydrogens is 355 g/mol. The van der Waals surface area contributed by atoms with E-state index >= 15 is 0 Å². The van der Waals surface area contributed by atoms with Crippen molar-refractivity contribution < 1.29 is 9.18 Å². The maximum Gasteiger partial charge on any atom is 0.219 e. The van der Waals surface area contributed by atoms with Gasteiger partial charge in [0, 0.05) is 44.1 Å². The van der Waals surface area contributed by atoms with E-state index in [1.807, 2.05) is 17.0 Å². The average Bonchev–Trinajstić information content (AvgIpc) is 2.78. The molecule has 0 atom stereocenters. The van der Waals surface area contributed by atoms with Gasteiger partial charge in [-0.2, -0.15) is 0 Å². The summed E-state index contributed by atoms with van der Waals surface area (Å²) in [6.07, 6.45) is 1.57. The highest BCUT2D eigenvalue weighted by atomic mass is 19.1. The van der Waals surface area contributed by atoms with Gasteiger partial charge in [-0.1, -0.05) is 12.1 Å². The zero-order chi connectivity index (χ0) is 19.3. The Hall–Kier alpha value is -3.02. The number of aromatic nitrogens is 2. The molecule has 4 heterocycles. The summed E-state index contributed by atoms with van der Waals surface area (Å²) in [5.41, 5.74) is 3.95. The highest BCUT2D eigenvalue weighted by Gasteiger charge is 2.25. The fourth-order valence-corrected chi connectivity index (χ4v) is 4.28. The summed E-state index contributed by atoms with van der Waals surface area (Å²) in [6, 6.07) is 11.0. The maximum absolute atomic E-state index is 13.9. The number of aryl methyl sites for hydroxylation is 2. The van der Waals surface area contributed by atoms with E-state index in [9.17, 15) is 9.18 Å². The number of anilines is 1. The second-order valence-electron chi connectivity index (χ2n) is 7.48. The molecule has 4 bridgehead atoms. The lowest BCUT2D eigenvalue weighted by atomic mass is 9.99. The molecule has 0 aliphatic carbocycles. The van der Waals surface area contributed by atoms with Gasteiger partial charge in [0.2, 0.25) is 5.91 Å². The molecular formula is C22H21FN4O. The fraction of sp³-hybridized carbons (Fsp3) is 0.318. The summed E-state index contributed by atoms with van der Waals surface area (Å²) in [6.45, 7) is 4.50. The SMILES string of the molecule is CC(=O)N1CCN(c2nc3nc4cccc(c24)CCc2cc(F)ccc2-3)CC1. The van der Waals surface area contributed by atoms with Crippen LogP contribution in [0.25, 0.3) is 22.3 Å². The second kappa shape index (κ2) is 6.55. The summed E-state index contributed by atoms with van der Waals surface area (Å²) in [5, 5.41) is 1.08. The number of rotatable bonds is 1. The van der Waals surface area contributed by atoms with E-state index in [-0.39, 0.29) is 11.7 Å². The summed E-state index contributed by atoms with van der Waals surface area (Å²) in [4.78, 5) is 25.6. The van der Waals surface area contributed by atoms with Crippen LogP contribution in [-0.4, -0.2) is 47.0 Å². The minimum absolute atomic E-state index is 0.113. The van der Waals surface area contributed by atoms with Gasteiger partial charge in [-0.25, -0.2) is 14.4 Å². The van der Waals surface area contributed by atoms with Gasteiger partial charge in [-0.05, 0) is 48.2 Å². The van der Waals surface area contributed by atoms with Gasteiger partial charge in [0.15, 0.2) is 5.82 Å². The number of nitrogens with zero attached hydrogens (tertiary/aromatic N) is 4. The molecule has 3 aliphatic heterocycles. The first-order chi connectivity index (χ1) is 13.6. The first-order valence-electron chi connectivity index (χ1n) is 9.69. The first kappa shape index (κ1) is 17.1. The van der Waals surface area contributed by atoms with Crippen molar-refractivity contribution in [1.29, 1.82) is 0 Å². The molecule has 0 unspecified atom stereocenters. The number of hydrogen-bond donors (Lipinski definition) is 0. The van der Waals surface area contributed by atoms with E-state index in [2.05, 4.69) is 11.0 Å². The third-order valence-electron chi connectivity index (χ3n) is 5.79. The van der Waals surface area contributed by atoms with Crippen LogP contribution >= 0.6 is 0 Å². The molecule has 1 saturated heterocycles. The molecule has 3 aliphatic rings. The Morgan fingerprint density at radius 2 is 1.79 bits per heavy atom. The molecule has 28 heavy (non-hydrogen) atoms.